The number of hydrogen-bond donors (Lipinski definition) is 0. The monoisotopic (exact) mass is 231 g/mol. The van der Waals surface area contributed by atoms with Crippen molar-refractivity contribution in [3.63, 3.8) is 0 Å². The maximum atomic E-state index is 9.03. The van der Waals surface area contributed by atoms with E-state index in [0.717, 1.165) is 31.6 Å². The lowest BCUT2D eigenvalue weighted by Gasteiger charge is -2.22. The van der Waals surface area contributed by atoms with Gasteiger partial charge < -0.3 is 9.47 Å². The summed E-state index contributed by atoms with van der Waals surface area (Å²) in [6.45, 7) is 4.31. The minimum atomic E-state index is 0.552. The highest BCUT2D eigenvalue weighted by atomic mass is 16.5. The molecule has 1 aromatic rings. The van der Waals surface area contributed by atoms with E-state index in [2.05, 4.69) is 6.07 Å². The number of rotatable bonds is 3. The standard InChI is InChI=1S/C14H17NO2/c1-11-2-3-14(13(8-11)9-15)17-10-12-4-6-16-7-5-12/h2-3,8,12H,4-7,10H2,1H3. The number of aryl methyl sites for hydroxylation is 1. The lowest BCUT2D eigenvalue weighted by atomic mass is 10.0. The Morgan fingerprint density at radius 3 is 2.88 bits per heavy atom. The molecule has 0 spiro atoms. The number of nitrogens with zero attached hydrogens (tertiary/aromatic N) is 1. The molecule has 0 amide bonds. The Bertz CT molecular complexity index is 417. The van der Waals surface area contributed by atoms with Gasteiger partial charge in [0.05, 0.1) is 12.2 Å². The van der Waals surface area contributed by atoms with Gasteiger partial charge >= 0.3 is 0 Å². The third-order valence-corrected chi connectivity index (χ3v) is 3.07. The van der Waals surface area contributed by atoms with Gasteiger partial charge in [-0.3, -0.25) is 0 Å². The molecule has 2 rings (SSSR count). The minimum Gasteiger partial charge on any atom is -0.492 e. The molecular weight excluding hydrogens is 214 g/mol. The van der Waals surface area contributed by atoms with Crippen LogP contribution >= 0.6 is 0 Å². The first kappa shape index (κ1) is 11.9. The maximum absolute atomic E-state index is 9.03. The van der Waals surface area contributed by atoms with Gasteiger partial charge in [-0.25, -0.2) is 0 Å². The normalized spacial score (nSPS) is 16.5. The van der Waals surface area contributed by atoms with E-state index in [1.165, 1.54) is 0 Å². The van der Waals surface area contributed by atoms with Crippen molar-refractivity contribution in [2.45, 2.75) is 19.8 Å². The maximum Gasteiger partial charge on any atom is 0.137 e. The third-order valence-electron chi connectivity index (χ3n) is 3.07. The second-order valence-electron chi connectivity index (χ2n) is 4.48. The summed E-state index contributed by atoms with van der Waals surface area (Å²) in [6.07, 6.45) is 2.10. The molecule has 0 unspecified atom stereocenters. The average Bonchev–Trinajstić information content (AvgIpc) is 2.38. The van der Waals surface area contributed by atoms with Gasteiger partial charge in [0.2, 0.25) is 0 Å². The van der Waals surface area contributed by atoms with Crippen LogP contribution in [-0.4, -0.2) is 19.8 Å². The summed E-state index contributed by atoms with van der Waals surface area (Å²) < 4.78 is 11.0. The second-order valence-corrected chi connectivity index (χ2v) is 4.48. The van der Waals surface area contributed by atoms with Gasteiger partial charge in [0, 0.05) is 13.2 Å². The van der Waals surface area contributed by atoms with E-state index < -0.39 is 0 Å². The van der Waals surface area contributed by atoms with Gasteiger partial charge in [0.25, 0.3) is 0 Å². The van der Waals surface area contributed by atoms with Crippen LogP contribution in [0.15, 0.2) is 18.2 Å². The lowest BCUT2D eigenvalue weighted by Crippen LogP contribution is -2.21. The van der Waals surface area contributed by atoms with Gasteiger partial charge in [-0.05, 0) is 43.4 Å². The average molecular weight is 231 g/mol. The van der Waals surface area contributed by atoms with Crippen LogP contribution < -0.4 is 4.74 Å². The van der Waals surface area contributed by atoms with E-state index in [0.29, 0.717) is 23.8 Å². The zero-order chi connectivity index (χ0) is 12.1. The molecule has 0 aromatic heterocycles. The fourth-order valence-electron chi connectivity index (χ4n) is 1.98. The van der Waals surface area contributed by atoms with E-state index in [1.54, 1.807) is 0 Å². The molecule has 3 heteroatoms. The van der Waals surface area contributed by atoms with Crippen molar-refractivity contribution in [3.8, 4) is 11.8 Å². The largest absolute Gasteiger partial charge is 0.492 e. The van der Waals surface area contributed by atoms with Crippen molar-refractivity contribution >= 4 is 0 Å². The highest BCUT2D eigenvalue weighted by molar-refractivity contribution is 5.45. The molecule has 1 fully saturated rings. The summed E-state index contributed by atoms with van der Waals surface area (Å²) in [6, 6.07) is 7.89. The molecule has 3 nitrogen and oxygen atoms in total. The SMILES string of the molecule is Cc1ccc(OCC2CCOCC2)c(C#N)c1. The van der Waals surface area contributed by atoms with E-state index in [-0.39, 0.29) is 0 Å². The summed E-state index contributed by atoms with van der Waals surface area (Å²) >= 11 is 0. The Morgan fingerprint density at radius 2 is 2.18 bits per heavy atom. The summed E-state index contributed by atoms with van der Waals surface area (Å²) in [7, 11) is 0. The molecule has 1 saturated heterocycles. The third kappa shape index (κ3) is 3.21. The van der Waals surface area contributed by atoms with Gasteiger partial charge in [-0.1, -0.05) is 6.07 Å². The highest BCUT2D eigenvalue weighted by Crippen LogP contribution is 2.22. The Hall–Kier alpha value is -1.53. The molecule has 1 aliphatic rings. The zero-order valence-corrected chi connectivity index (χ0v) is 10.1. The number of hydrogen-bond acceptors (Lipinski definition) is 3. The Kier molecular flexibility index (Phi) is 4.00. The topological polar surface area (TPSA) is 42.2 Å². The van der Waals surface area contributed by atoms with Gasteiger partial charge in [-0.2, -0.15) is 5.26 Å². The van der Waals surface area contributed by atoms with Gasteiger partial charge in [-0.15, -0.1) is 0 Å². The predicted molar refractivity (Wildman–Crippen MR) is 64.9 cm³/mol. The molecule has 17 heavy (non-hydrogen) atoms. The smallest absolute Gasteiger partial charge is 0.137 e. The molecule has 0 aliphatic carbocycles. The lowest BCUT2D eigenvalue weighted by molar-refractivity contribution is 0.0497. The fourth-order valence-corrected chi connectivity index (χ4v) is 1.98. The number of nitriles is 1. The van der Waals surface area contributed by atoms with Crippen LogP contribution in [0.1, 0.15) is 24.0 Å². The Labute approximate surface area is 102 Å². The van der Waals surface area contributed by atoms with Gasteiger partial charge in [0.1, 0.15) is 11.8 Å². The Morgan fingerprint density at radius 1 is 1.41 bits per heavy atom. The molecule has 0 bridgehead atoms. The molecule has 0 atom stereocenters. The predicted octanol–water partition coefficient (Wildman–Crippen LogP) is 2.67. The van der Waals surface area contributed by atoms with Crippen molar-refractivity contribution in [1.29, 1.82) is 5.26 Å². The van der Waals surface area contributed by atoms with Crippen LogP contribution in [-0.2, 0) is 4.74 Å². The summed E-state index contributed by atoms with van der Waals surface area (Å²) in [5, 5.41) is 9.03. The molecule has 1 heterocycles. The van der Waals surface area contributed by atoms with Gasteiger partial charge in [0.15, 0.2) is 0 Å². The number of ether oxygens (including phenoxy) is 2. The summed E-state index contributed by atoms with van der Waals surface area (Å²) in [4.78, 5) is 0. The molecule has 0 radical (unpaired) electrons. The molecule has 0 N–H and O–H groups in total. The van der Waals surface area contributed by atoms with Crippen molar-refractivity contribution < 1.29 is 9.47 Å². The van der Waals surface area contributed by atoms with Crippen molar-refractivity contribution in [1.82, 2.24) is 0 Å². The second kappa shape index (κ2) is 5.70. The van der Waals surface area contributed by atoms with Crippen LogP contribution in [0.5, 0.6) is 5.75 Å². The number of benzene rings is 1. The molecule has 90 valence electrons. The van der Waals surface area contributed by atoms with Crippen molar-refractivity contribution in [2.75, 3.05) is 19.8 Å². The van der Waals surface area contributed by atoms with Crippen LogP contribution in [0.3, 0.4) is 0 Å². The van der Waals surface area contributed by atoms with Crippen molar-refractivity contribution in [3.05, 3.63) is 29.3 Å². The van der Waals surface area contributed by atoms with E-state index in [1.807, 2.05) is 25.1 Å². The van der Waals surface area contributed by atoms with Crippen LogP contribution in [0, 0.1) is 24.2 Å². The first-order valence-electron chi connectivity index (χ1n) is 6.01. The minimum absolute atomic E-state index is 0.552. The quantitative estimate of drug-likeness (QED) is 0.803. The molecule has 1 aliphatic heterocycles. The summed E-state index contributed by atoms with van der Waals surface area (Å²) in [5.41, 5.74) is 1.71. The first-order valence-corrected chi connectivity index (χ1v) is 6.01. The Balaban J connectivity index is 1.96. The highest BCUT2D eigenvalue weighted by Gasteiger charge is 2.15. The molecule has 0 saturated carbocycles. The van der Waals surface area contributed by atoms with Crippen LogP contribution in [0.4, 0.5) is 0 Å². The fraction of sp³-hybridized carbons (Fsp3) is 0.500. The first-order chi connectivity index (χ1) is 8.29. The van der Waals surface area contributed by atoms with Crippen LogP contribution in [0.2, 0.25) is 0 Å². The van der Waals surface area contributed by atoms with E-state index in [9.17, 15) is 0 Å². The molecule has 1 aromatic carbocycles. The van der Waals surface area contributed by atoms with Crippen LogP contribution in [0.25, 0.3) is 0 Å². The van der Waals surface area contributed by atoms with E-state index in [4.69, 9.17) is 14.7 Å². The molecular formula is C14H17NO2. The van der Waals surface area contributed by atoms with Crippen molar-refractivity contribution in [2.24, 2.45) is 5.92 Å². The summed E-state index contributed by atoms with van der Waals surface area (Å²) in [5.74, 6) is 1.25. The zero-order valence-electron chi connectivity index (χ0n) is 10.1. The van der Waals surface area contributed by atoms with E-state index >= 15 is 0 Å².